The number of rotatable bonds is 6. The highest BCUT2D eigenvalue weighted by Crippen LogP contribution is 2.29. The van der Waals surface area contributed by atoms with Crippen molar-refractivity contribution >= 4 is 17.5 Å². The number of halogens is 3. The fourth-order valence-electron chi connectivity index (χ4n) is 4.69. The van der Waals surface area contributed by atoms with E-state index >= 15 is 0 Å². The molecule has 0 bridgehead atoms. The van der Waals surface area contributed by atoms with E-state index in [1.54, 1.807) is 4.90 Å². The lowest BCUT2D eigenvalue weighted by Crippen LogP contribution is -2.41. The minimum atomic E-state index is -3.32. The number of hydrogen-bond acceptors (Lipinski definition) is 4. The predicted molar refractivity (Wildman–Crippen MR) is 140 cm³/mol. The highest BCUT2D eigenvalue weighted by atomic mass is 35.5. The van der Waals surface area contributed by atoms with Crippen LogP contribution in [0.3, 0.4) is 0 Å². The van der Waals surface area contributed by atoms with Gasteiger partial charge < -0.3 is 9.64 Å². The van der Waals surface area contributed by atoms with Gasteiger partial charge in [-0.2, -0.15) is 8.78 Å². The number of benzene rings is 3. The molecule has 0 aliphatic carbocycles. The van der Waals surface area contributed by atoms with Crippen LogP contribution >= 0.6 is 11.6 Å². The summed E-state index contributed by atoms with van der Waals surface area (Å²) in [7, 11) is 0. The Balaban J connectivity index is 1.45. The first-order valence-corrected chi connectivity index (χ1v) is 12.4. The second-order valence-electron chi connectivity index (χ2n) is 9.12. The van der Waals surface area contributed by atoms with Crippen molar-refractivity contribution in [2.75, 3.05) is 6.54 Å². The van der Waals surface area contributed by atoms with Gasteiger partial charge in [0.1, 0.15) is 5.75 Å². The molecule has 4 aromatic rings. The molecule has 5 rings (SSSR count). The lowest BCUT2D eigenvalue weighted by molar-refractivity contribution is -0.158. The molecule has 0 saturated heterocycles. The smallest absolute Gasteiger partial charge is 0.394 e. The molecule has 0 fully saturated rings. The molecule has 1 amide bonds. The van der Waals surface area contributed by atoms with E-state index in [1.807, 2.05) is 60.7 Å². The lowest BCUT2D eigenvalue weighted by atomic mass is 9.97. The summed E-state index contributed by atoms with van der Waals surface area (Å²) in [4.78, 5) is 33.0. The van der Waals surface area contributed by atoms with Crippen molar-refractivity contribution in [3.63, 3.8) is 0 Å². The van der Waals surface area contributed by atoms with E-state index in [2.05, 4.69) is 9.72 Å². The van der Waals surface area contributed by atoms with Crippen LogP contribution in [0.4, 0.5) is 8.78 Å². The van der Waals surface area contributed by atoms with E-state index in [0.717, 1.165) is 11.1 Å². The van der Waals surface area contributed by atoms with Crippen molar-refractivity contribution in [1.82, 2.24) is 14.5 Å². The average Bonchev–Trinajstić information content (AvgIpc) is 2.91. The van der Waals surface area contributed by atoms with E-state index in [4.69, 9.17) is 11.6 Å². The lowest BCUT2D eigenvalue weighted by Gasteiger charge is -2.30. The van der Waals surface area contributed by atoms with E-state index in [9.17, 15) is 18.4 Å². The number of carbonyl (C=O) groups is 1. The van der Waals surface area contributed by atoms with E-state index < -0.39 is 12.2 Å². The Morgan fingerprint density at radius 1 is 0.974 bits per heavy atom. The van der Waals surface area contributed by atoms with Crippen LogP contribution in [0, 0.1) is 0 Å². The molecule has 0 unspecified atom stereocenters. The summed E-state index contributed by atoms with van der Waals surface area (Å²) in [6, 6.07) is 24.3. The van der Waals surface area contributed by atoms with Crippen LogP contribution in [-0.4, -0.2) is 33.0 Å². The molecule has 2 heterocycles. The molecule has 194 valence electrons. The third-order valence-corrected chi connectivity index (χ3v) is 6.66. The van der Waals surface area contributed by atoms with Gasteiger partial charge in [0.15, 0.2) is 0 Å². The molecule has 0 atom stereocenters. The van der Waals surface area contributed by atoms with Crippen molar-refractivity contribution < 1.29 is 18.3 Å². The number of amides is 1. The van der Waals surface area contributed by atoms with Gasteiger partial charge in [0.25, 0.3) is 11.5 Å². The van der Waals surface area contributed by atoms with Gasteiger partial charge in [-0.15, -0.1) is 0 Å². The number of hydrogen-bond donors (Lipinski definition) is 0. The third kappa shape index (κ3) is 5.31. The Kier molecular flexibility index (Phi) is 6.99. The highest BCUT2D eigenvalue weighted by molar-refractivity contribution is 6.28. The monoisotopic (exact) mass is 535 g/mol. The first kappa shape index (κ1) is 25.6. The van der Waals surface area contributed by atoms with Crippen LogP contribution in [0.5, 0.6) is 5.75 Å². The number of fused-ring (bicyclic) bond motifs is 1. The first-order chi connectivity index (χ1) is 18.2. The quantitative estimate of drug-likeness (QED) is 0.296. The van der Waals surface area contributed by atoms with Gasteiger partial charge in [-0.05, 0) is 53.4 Å². The molecular weight excluding hydrogens is 512 g/mol. The molecule has 1 aromatic heterocycles. The summed E-state index contributed by atoms with van der Waals surface area (Å²) < 4.78 is 32.2. The molecule has 38 heavy (non-hydrogen) atoms. The summed E-state index contributed by atoms with van der Waals surface area (Å²) in [5.74, 6) is -0.350. The van der Waals surface area contributed by atoms with Gasteiger partial charge in [0.05, 0.1) is 18.3 Å². The standard InChI is InChI=1S/C29H24ClF2N3O3/c1-29(31,32)38-22-14-12-21(13-15-22)26(36)34-17-16-23-24(18-34)33-28(30)35(27(23)37)25(19-8-4-2-5-9-19)20-10-6-3-7-11-20/h2-15,25H,16-18H2,1H3. The first-order valence-electron chi connectivity index (χ1n) is 12.1. The largest absolute Gasteiger partial charge is 0.433 e. The molecule has 3 aromatic carbocycles. The second kappa shape index (κ2) is 10.4. The van der Waals surface area contributed by atoms with E-state index in [-0.39, 0.29) is 29.0 Å². The van der Waals surface area contributed by atoms with Crippen LogP contribution < -0.4 is 10.3 Å². The van der Waals surface area contributed by atoms with Crippen LogP contribution in [0.1, 0.15) is 45.7 Å². The highest BCUT2D eigenvalue weighted by Gasteiger charge is 2.30. The molecule has 0 radical (unpaired) electrons. The molecule has 1 aliphatic heterocycles. The SMILES string of the molecule is CC(F)(F)Oc1ccc(C(=O)N2CCc3c(nc(Cl)n(C(c4ccccc4)c4ccccc4)c3=O)C2)cc1. The number of nitrogens with zero attached hydrogens (tertiary/aromatic N) is 3. The van der Waals surface area contributed by atoms with Gasteiger partial charge in [0, 0.05) is 24.6 Å². The van der Waals surface area contributed by atoms with Crippen molar-refractivity contribution in [2.24, 2.45) is 0 Å². The molecule has 0 N–H and O–H groups in total. The molecule has 0 saturated carbocycles. The Morgan fingerprint density at radius 3 is 2.11 bits per heavy atom. The maximum absolute atomic E-state index is 13.8. The number of aromatic nitrogens is 2. The van der Waals surface area contributed by atoms with Gasteiger partial charge in [0.2, 0.25) is 5.28 Å². The van der Waals surface area contributed by atoms with Crippen LogP contribution in [0.2, 0.25) is 5.28 Å². The van der Waals surface area contributed by atoms with Gasteiger partial charge in [-0.3, -0.25) is 14.2 Å². The van der Waals surface area contributed by atoms with E-state index in [1.165, 1.54) is 28.8 Å². The summed E-state index contributed by atoms with van der Waals surface area (Å²) in [6.45, 7) is 1.05. The Morgan fingerprint density at radius 2 is 1.55 bits per heavy atom. The Labute approximate surface area is 223 Å². The third-order valence-electron chi connectivity index (χ3n) is 6.40. The summed E-state index contributed by atoms with van der Waals surface area (Å²) in [6.07, 6.45) is -3.01. The zero-order valence-corrected chi connectivity index (χ0v) is 21.2. The van der Waals surface area contributed by atoms with Crippen molar-refractivity contribution in [3.05, 3.63) is 129 Å². The van der Waals surface area contributed by atoms with Gasteiger partial charge in [-0.25, -0.2) is 4.98 Å². The summed E-state index contributed by atoms with van der Waals surface area (Å²) in [5.41, 5.74) is 2.82. The minimum Gasteiger partial charge on any atom is -0.433 e. The van der Waals surface area contributed by atoms with Crippen LogP contribution in [-0.2, 0) is 13.0 Å². The van der Waals surface area contributed by atoms with Crippen LogP contribution in [0.15, 0.2) is 89.7 Å². The number of ether oxygens (including phenoxy) is 1. The van der Waals surface area contributed by atoms with Gasteiger partial charge >= 0.3 is 6.11 Å². The summed E-state index contributed by atoms with van der Waals surface area (Å²) in [5, 5.41) is 0.0303. The normalized spacial score (nSPS) is 13.3. The summed E-state index contributed by atoms with van der Waals surface area (Å²) >= 11 is 6.65. The minimum absolute atomic E-state index is 0.0303. The maximum atomic E-state index is 13.8. The molecule has 9 heteroatoms. The fourth-order valence-corrected chi connectivity index (χ4v) is 4.96. The Bertz CT molecular complexity index is 1470. The van der Waals surface area contributed by atoms with E-state index in [0.29, 0.717) is 36.7 Å². The maximum Gasteiger partial charge on any atom is 0.394 e. The van der Waals surface area contributed by atoms with Gasteiger partial charge in [-0.1, -0.05) is 60.7 Å². The number of carbonyl (C=O) groups excluding carboxylic acids is 1. The molecule has 0 spiro atoms. The molecule has 6 nitrogen and oxygen atoms in total. The second-order valence-corrected chi connectivity index (χ2v) is 9.45. The number of alkyl halides is 2. The molecule has 1 aliphatic rings. The zero-order chi connectivity index (χ0) is 26.9. The van der Waals surface area contributed by atoms with Crippen LogP contribution in [0.25, 0.3) is 0 Å². The van der Waals surface area contributed by atoms with Crippen molar-refractivity contribution in [3.8, 4) is 5.75 Å². The van der Waals surface area contributed by atoms with Crippen molar-refractivity contribution in [2.45, 2.75) is 32.0 Å². The zero-order valence-electron chi connectivity index (χ0n) is 20.5. The average molecular weight is 536 g/mol. The predicted octanol–water partition coefficient (Wildman–Crippen LogP) is 5.72. The molecular formula is C29H24ClF2N3O3. The van der Waals surface area contributed by atoms with Crippen molar-refractivity contribution in [1.29, 1.82) is 0 Å². The fraction of sp³-hybridized carbons (Fsp3) is 0.207. The topological polar surface area (TPSA) is 64.4 Å². The Hall–Kier alpha value is -4.04.